The highest BCUT2D eigenvalue weighted by atomic mass is 16.5. The highest BCUT2D eigenvalue weighted by Crippen LogP contribution is 2.20. The minimum Gasteiger partial charge on any atom is -0.378 e. The molecule has 0 aliphatic carbocycles. The van der Waals surface area contributed by atoms with E-state index in [0.717, 1.165) is 55.8 Å². The zero-order chi connectivity index (χ0) is 14.5. The van der Waals surface area contributed by atoms with Crippen molar-refractivity contribution in [3.8, 4) is 0 Å². The number of aromatic nitrogens is 2. The fourth-order valence-electron chi connectivity index (χ4n) is 3.09. The maximum atomic E-state index is 11.8. The standard InChI is InChI=1S/C16H26N2O2/c1-4-14-16(12(3)19)15(5-2)18(17-14)10-6-8-13-9-7-11-20-13/h13H,4-11H2,1-3H3. The van der Waals surface area contributed by atoms with Gasteiger partial charge in [-0.25, -0.2) is 0 Å². The maximum absolute atomic E-state index is 11.8. The number of hydrogen-bond donors (Lipinski definition) is 0. The normalized spacial score (nSPS) is 18.6. The third kappa shape index (κ3) is 3.29. The Morgan fingerprint density at radius 2 is 2.20 bits per heavy atom. The molecule has 4 heteroatoms. The van der Waals surface area contributed by atoms with Gasteiger partial charge >= 0.3 is 0 Å². The van der Waals surface area contributed by atoms with Crippen LogP contribution in [0, 0.1) is 0 Å². The largest absolute Gasteiger partial charge is 0.378 e. The summed E-state index contributed by atoms with van der Waals surface area (Å²) in [5.74, 6) is 0.143. The first-order valence-corrected chi connectivity index (χ1v) is 7.88. The van der Waals surface area contributed by atoms with Crippen LogP contribution in [-0.4, -0.2) is 28.3 Å². The Labute approximate surface area is 121 Å². The van der Waals surface area contributed by atoms with Crippen LogP contribution in [0.3, 0.4) is 0 Å². The molecule has 2 heterocycles. The molecule has 1 aliphatic rings. The van der Waals surface area contributed by atoms with E-state index in [2.05, 4.69) is 18.9 Å². The summed E-state index contributed by atoms with van der Waals surface area (Å²) >= 11 is 0. The average molecular weight is 278 g/mol. The van der Waals surface area contributed by atoms with Crippen molar-refractivity contribution in [1.29, 1.82) is 0 Å². The second kappa shape index (κ2) is 7.02. The van der Waals surface area contributed by atoms with Gasteiger partial charge < -0.3 is 4.74 Å². The first kappa shape index (κ1) is 15.2. The van der Waals surface area contributed by atoms with Gasteiger partial charge in [0.05, 0.1) is 17.4 Å². The van der Waals surface area contributed by atoms with Crippen LogP contribution >= 0.6 is 0 Å². The van der Waals surface area contributed by atoms with Crippen LogP contribution < -0.4 is 0 Å². The number of carbonyl (C=O) groups excluding carboxylic acids is 1. The predicted octanol–water partition coefficient (Wildman–Crippen LogP) is 3.17. The highest BCUT2D eigenvalue weighted by Gasteiger charge is 2.19. The SMILES string of the molecule is CCc1nn(CCCC2CCCO2)c(CC)c1C(C)=O. The Morgan fingerprint density at radius 1 is 1.40 bits per heavy atom. The minimum atomic E-state index is 0.143. The lowest BCUT2D eigenvalue weighted by molar-refractivity contribution is 0.100. The van der Waals surface area contributed by atoms with Crippen LogP contribution in [0.25, 0.3) is 0 Å². The molecule has 4 nitrogen and oxygen atoms in total. The summed E-state index contributed by atoms with van der Waals surface area (Å²) in [7, 11) is 0. The van der Waals surface area contributed by atoms with Crippen molar-refractivity contribution in [2.24, 2.45) is 0 Å². The van der Waals surface area contributed by atoms with E-state index >= 15 is 0 Å². The lowest BCUT2D eigenvalue weighted by Crippen LogP contribution is -2.10. The molecule has 0 N–H and O–H groups in total. The number of ether oxygens (including phenoxy) is 1. The molecule has 1 atom stereocenters. The number of aryl methyl sites for hydroxylation is 2. The maximum Gasteiger partial charge on any atom is 0.163 e. The second-order valence-corrected chi connectivity index (χ2v) is 5.53. The molecular formula is C16H26N2O2. The molecule has 1 fully saturated rings. The lowest BCUT2D eigenvalue weighted by Gasteiger charge is -2.10. The minimum absolute atomic E-state index is 0.143. The highest BCUT2D eigenvalue weighted by molar-refractivity contribution is 5.96. The zero-order valence-electron chi connectivity index (χ0n) is 12.9. The third-order valence-electron chi connectivity index (χ3n) is 4.07. The molecule has 1 aliphatic heterocycles. The Morgan fingerprint density at radius 3 is 2.75 bits per heavy atom. The van der Waals surface area contributed by atoms with Gasteiger partial charge in [0.15, 0.2) is 5.78 Å². The van der Waals surface area contributed by atoms with Crippen molar-refractivity contribution in [3.63, 3.8) is 0 Å². The van der Waals surface area contributed by atoms with Crippen LogP contribution in [0.2, 0.25) is 0 Å². The summed E-state index contributed by atoms with van der Waals surface area (Å²) in [6.45, 7) is 7.61. The summed E-state index contributed by atoms with van der Waals surface area (Å²) in [6.07, 6.45) is 6.68. The van der Waals surface area contributed by atoms with E-state index in [1.165, 1.54) is 12.8 Å². The Hall–Kier alpha value is -1.16. The molecule has 20 heavy (non-hydrogen) atoms. The summed E-state index contributed by atoms with van der Waals surface area (Å²) in [5, 5.41) is 4.64. The van der Waals surface area contributed by atoms with Gasteiger partial charge in [-0.2, -0.15) is 5.10 Å². The van der Waals surface area contributed by atoms with Crippen molar-refractivity contribution in [3.05, 3.63) is 17.0 Å². The molecule has 0 amide bonds. The number of ketones is 1. The summed E-state index contributed by atoms with van der Waals surface area (Å²) in [5.41, 5.74) is 2.90. The Kier molecular flexibility index (Phi) is 5.35. The first-order valence-electron chi connectivity index (χ1n) is 7.88. The molecule has 0 spiro atoms. The summed E-state index contributed by atoms with van der Waals surface area (Å²) in [6, 6.07) is 0. The molecule has 1 saturated heterocycles. The molecule has 0 radical (unpaired) electrons. The molecule has 1 aromatic heterocycles. The van der Waals surface area contributed by atoms with Gasteiger partial charge in [0, 0.05) is 18.8 Å². The van der Waals surface area contributed by atoms with Gasteiger partial charge in [-0.3, -0.25) is 9.48 Å². The smallest absolute Gasteiger partial charge is 0.163 e. The van der Waals surface area contributed by atoms with Gasteiger partial charge in [-0.05, 0) is 45.4 Å². The van der Waals surface area contributed by atoms with Crippen LogP contribution in [0.1, 0.15) is 68.2 Å². The predicted molar refractivity (Wildman–Crippen MR) is 79.2 cm³/mol. The van der Waals surface area contributed by atoms with Crippen LogP contribution in [0.5, 0.6) is 0 Å². The van der Waals surface area contributed by atoms with Crippen LogP contribution in [-0.2, 0) is 24.1 Å². The van der Waals surface area contributed by atoms with Gasteiger partial charge in [-0.15, -0.1) is 0 Å². The molecule has 0 saturated carbocycles. The van der Waals surface area contributed by atoms with Gasteiger partial charge in [-0.1, -0.05) is 13.8 Å². The number of hydrogen-bond acceptors (Lipinski definition) is 3. The second-order valence-electron chi connectivity index (χ2n) is 5.53. The van der Waals surface area contributed by atoms with E-state index in [1.807, 2.05) is 4.68 Å². The van der Waals surface area contributed by atoms with E-state index in [-0.39, 0.29) is 5.78 Å². The summed E-state index contributed by atoms with van der Waals surface area (Å²) < 4.78 is 7.70. The molecule has 112 valence electrons. The number of nitrogens with zero attached hydrogens (tertiary/aromatic N) is 2. The van der Waals surface area contributed by atoms with Gasteiger partial charge in [0.25, 0.3) is 0 Å². The molecular weight excluding hydrogens is 252 g/mol. The zero-order valence-corrected chi connectivity index (χ0v) is 12.9. The van der Waals surface area contributed by atoms with Crippen molar-refractivity contribution < 1.29 is 9.53 Å². The van der Waals surface area contributed by atoms with Crippen molar-refractivity contribution in [2.75, 3.05) is 6.61 Å². The number of rotatable bonds is 7. The Bertz CT molecular complexity index is 459. The molecule has 0 aromatic carbocycles. The van der Waals surface area contributed by atoms with Gasteiger partial charge in [0.1, 0.15) is 0 Å². The van der Waals surface area contributed by atoms with E-state index < -0.39 is 0 Å². The monoisotopic (exact) mass is 278 g/mol. The molecule has 1 aromatic rings. The Balaban J connectivity index is 2.04. The fraction of sp³-hybridized carbons (Fsp3) is 0.750. The van der Waals surface area contributed by atoms with Crippen molar-refractivity contribution >= 4 is 5.78 Å². The van der Waals surface area contributed by atoms with E-state index in [0.29, 0.717) is 6.10 Å². The molecule has 0 bridgehead atoms. The molecule has 1 unspecified atom stereocenters. The third-order valence-corrected chi connectivity index (χ3v) is 4.07. The lowest BCUT2D eigenvalue weighted by atomic mass is 10.1. The topological polar surface area (TPSA) is 44.1 Å². The van der Waals surface area contributed by atoms with Crippen molar-refractivity contribution in [2.45, 2.75) is 71.9 Å². The van der Waals surface area contributed by atoms with Crippen LogP contribution in [0.4, 0.5) is 0 Å². The number of carbonyl (C=O) groups is 1. The van der Waals surface area contributed by atoms with E-state index in [1.54, 1.807) is 6.92 Å². The van der Waals surface area contributed by atoms with E-state index in [9.17, 15) is 4.79 Å². The van der Waals surface area contributed by atoms with E-state index in [4.69, 9.17) is 4.74 Å². The van der Waals surface area contributed by atoms with Gasteiger partial charge in [0.2, 0.25) is 0 Å². The van der Waals surface area contributed by atoms with Crippen molar-refractivity contribution in [1.82, 2.24) is 9.78 Å². The number of Topliss-reactive ketones (excluding diaryl/α,β-unsaturated/α-hetero) is 1. The molecule has 2 rings (SSSR count). The first-order chi connectivity index (χ1) is 9.67. The summed E-state index contributed by atoms with van der Waals surface area (Å²) in [4.78, 5) is 11.8. The fourth-order valence-corrected chi connectivity index (χ4v) is 3.09. The van der Waals surface area contributed by atoms with Crippen LogP contribution in [0.15, 0.2) is 0 Å². The average Bonchev–Trinajstić information content (AvgIpc) is 3.05. The quantitative estimate of drug-likeness (QED) is 0.720.